The lowest BCUT2D eigenvalue weighted by Gasteiger charge is -2.10. The molecular weight excluding hydrogens is 254 g/mol. The number of carbonyl (C=O) groups excluding carboxylic acids is 1. The molecule has 0 fully saturated rings. The summed E-state index contributed by atoms with van der Waals surface area (Å²) in [5.74, 6) is -0.122. The van der Waals surface area contributed by atoms with Crippen molar-refractivity contribution in [1.82, 2.24) is 15.1 Å². The van der Waals surface area contributed by atoms with Crippen molar-refractivity contribution in [3.63, 3.8) is 0 Å². The monoisotopic (exact) mass is 273 g/mol. The Morgan fingerprint density at radius 1 is 1.40 bits per heavy atom. The second kappa shape index (κ2) is 5.64. The molecule has 0 saturated heterocycles. The maximum absolute atomic E-state index is 11.7. The lowest BCUT2D eigenvalue weighted by Crippen LogP contribution is -2.22. The van der Waals surface area contributed by atoms with E-state index in [2.05, 4.69) is 15.7 Å². The number of nitrogens with zero attached hydrogens (tertiary/aromatic N) is 2. The number of rotatable bonds is 4. The second-order valence-corrected chi connectivity index (χ2v) is 4.59. The summed E-state index contributed by atoms with van der Waals surface area (Å²) in [6, 6.07) is 5.21. The molecule has 0 bridgehead atoms. The lowest BCUT2D eigenvalue weighted by atomic mass is 10.1. The van der Waals surface area contributed by atoms with E-state index in [1.54, 1.807) is 22.9 Å². The van der Waals surface area contributed by atoms with Crippen molar-refractivity contribution in [2.75, 3.05) is 17.6 Å². The van der Waals surface area contributed by atoms with E-state index in [-0.39, 0.29) is 5.91 Å². The molecule has 1 aromatic heterocycles. The van der Waals surface area contributed by atoms with Crippen molar-refractivity contribution in [2.24, 2.45) is 7.05 Å². The Labute approximate surface area is 118 Å². The van der Waals surface area contributed by atoms with E-state index in [4.69, 9.17) is 5.73 Å². The van der Waals surface area contributed by atoms with Gasteiger partial charge in [-0.2, -0.15) is 5.10 Å². The Kier molecular flexibility index (Phi) is 3.93. The number of hydrogen-bond donors (Lipinski definition) is 3. The summed E-state index contributed by atoms with van der Waals surface area (Å²) in [5.41, 5.74) is 9.61. The number of carbonyl (C=O) groups is 1. The summed E-state index contributed by atoms with van der Waals surface area (Å²) in [4.78, 5) is 11.7. The number of aryl methyl sites for hydroxylation is 2. The van der Waals surface area contributed by atoms with E-state index in [0.29, 0.717) is 17.8 Å². The largest absolute Gasteiger partial charge is 0.397 e. The fraction of sp³-hybridized carbons (Fsp3) is 0.286. The van der Waals surface area contributed by atoms with E-state index in [9.17, 15) is 4.79 Å². The smallest absolute Gasteiger partial charge is 0.251 e. The third kappa shape index (κ3) is 2.90. The molecule has 6 heteroatoms. The molecule has 1 heterocycles. The molecule has 0 aliphatic carbocycles. The number of nitrogens with two attached hydrogens (primary N) is 1. The number of anilines is 3. The zero-order valence-corrected chi connectivity index (χ0v) is 11.9. The molecule has 20 heavy (non-hydrogen) atoms. The van der Waals surface area contributed by atoms with Crippen molar-refractivity contribution < 1.29 is 4.79 Å². The minimum atomic E-state index is -0.122. The van der Waals surface area contributed by atoms with Crippen LogP contribution in [0.5, 0.6) is 0 Å². The summed E-state index contributed by atoms with van der Waals surface area (Å²) in [6.07, 6.45) is 1.88. The highest BCUT2D eigenvalue weighted by atomic mass is 16.1. The van der Waals surface area contributed by atoms with Crippen molar-refractivity contribution in [3.05, 3.63) is 35.7 Å². The highest BCUT2D eigenvalue weighted by Gasteiger charge is 2.09. The minimum Gasteiger partial charge on any atom is -0.397 e. The zero-order valence-electron chi connectivity index (χ0n) is 11.9. The SMILES string of the molecule is CCNC(=O)c1ccc(Nc2cn(C)nc2C)c(N)c1. The van der Waals surface area contributed by atoms with Crippen LogP contribution < -0.4 is 16.4 Å². The first-order valence-corrected chi connectivity index (χ1v) is 6.46. The molecule has 4 N–H and O–H groups in total. The van der Waals surface area contributed by atoms with Crippen LogP contribution in [-0.4, -0.2) is 22.2 Å². The van der Waals surface area contributed by atoms with Gasteiger partial charge in [-0.25, -0.2) is 0 Å². The highest BCUT2D eigenvalue weighted by molar-refractivity contribution is 5.96. The standard InChI is InChI=1S/C14H19N5O/c1-4-16-14(20)10-5-6-12(11(15)7-10)17-13-8-19(3)18-9(13)2/h5-8,17H,4,15H2,1-3H3,(H,16,20). The molecule has 0 aliphatic heterocycles. The molecule has 0 spiro atoms. The van der Waals surface area contributed by atoms with Crippen LogP contribution in [0.25, 0.3) is 0 Å². The van der Waals surface area contributed by atoms with Gasteiger partial charge >= 0.3 is 0 Å². The highest BCUT2D eigenvalue weighted by Crippen LogP contribution is 2.25. The van der Waals surface area contributed by atoms with Crippen LogP contribution in [0, 0.1) is 6.92 Å². The Hall–Kier alpha value is -2.50. The van der Waals surface area contributed by atoms with Crippen molar-refractivity contribution in [3.8, 4) is 0 Å². The van der Waals surface area contributed by atoms with Gasteiger partial charge in [0.15, 0.2) is 0 Å². The Morgan fingerprint density at radius 2 is 2.15 bits per heavy atom. The topological polar surface area (TPSA) is 85.0 Å². The van der Waals surface area contributed by atoms with Gasteiger partial charge < -0.3 is 16.4 Å². The fourth-order valence-electron chi connectivity index (χ4n) is 1.95. The van der Waals surface area contributed by atoms with Gasteiger partial charge in [0.2, 0.25) is 0 Å². The van der Waals surface area contributed by atoms with E-state index in [0.717, 1.165) is 17.1 Å². The number of amides is 1. The van der Waals surface area contributed by atoms with Gasteiger partial charge in [0.05, 0.1) is 22.8 Å². The van der Waals surface area contributed by atoms with E-state index in [1.807, 2.05) is 27.1 Å². The lowest BCUT2D eigenvalue weighted by molar-refractivity contribution is 0.0956. The summed E-state index contributed by atoms with van der Waals surface area (Å²) in [6.45, 7) is 4.39. The Balaban J connectivity index is 2.22. The van der Waals surface area contributed by atoms with Crippen LogP contribution in [-0.2, 0) is 7.05 Å². The summed E-state index contributed by atoms with van der Waals surface area (Å²) in [5, 5.41) is 10.2. The molecule has 0 unspecified atom stereocenters. The molecule has 1 amide bonds. The minimum absolute atomic E-state index is 0.122. The van der Waals surface area contributed by atoms with Crippen LogP contribution in [0.15, 0.2) is 24.4 Å². The van der Waals surface area contributed by atoms with Gasteiger partial charge in [0, 0.05) is 25.4 Å². The fourth-order valence-corrected chi connectivity index (χ4v) is 1.95. The van der Waals surface area contributed by atoms with E-state index < -0.39 is 0 Å². The maximum Gasteiger partial charge on any atom is 0.251 e. The van der Waals surface area contributed by atoms with Crippen molar-refractivity contribution in [2.45, 2.75) is 13.8 Å². The third-order valence-corrected chi connectivity index (χ3v) is 2.93. The molecule has 0 atom stereocenters. The first-order valence-electron chi connectivity index (χ1n) is 6.46. The molecular formula is C14H19N5O. The van der Waals surface area contributed by atoms with E-state index >= 15 is 0 Å². The average molecular weight is 273 g/mol. The molecule has 106 valence electrons. The van der Waals surface area contributed by atoms with Gasteiger partial charge in [-0.15, -0.1) is 0 Å². The predicted molar refractivity (Wildman–Crippen MR) is 80.1 cm³/mol. The van der Waals surface area contributed by atoms with Crippen LogP contribution in [0.3, 0.4) is 0 Å². The molecule has 0 saturated carbocycles. The first kappa shape index (κ1) is 13.9. The summed E-state index contributed by atoms with van der Waals surface area (Å²) >= 11 is 0. The van der Waals surface area contributed by atoms with Gasteiger partial charge in [0.25, 0.3) is 5.91 Å². The summed E-state index contributed by atoms with van der Waals surface area (Å²) < 4.78 is 1.73. The Bertz CT molecular complexity index is 632. The maximum atomic E-state index is 11.7. The summed E-state index contributed by atoms with van der Waals surface area (Å²) in [7, 11) is 1.86. The van der Waals surface area contributed by atoms with Crippen LogP contribution in [0.2, 0.25) is 0 Å². The van der Waals surface area contributed by atoms with Crippen molar-refractivity contribution >= 4 is 23.0 Å². The van der Waals surface area contributed by atoms with Crippen LogP contribution in [0.1, 0.15) is 23.0 Å². The molecule has 0 radical (unpaired) electrons. The number of nitrogen functional groups attached to an aromatic ring is 1. The molecule has 0 aliphatic rings. The molecule has 1 aromatic carbocycles. The molecule has 2 aromatic rings. The first-order chi connectivity index (χ1) is 9.51. The quantitative estimate of drug-likeness (QED) is 0.742. The van der Waals surface area contributed by atoms with Gasteiger partial charge in [-0.05, 0) is 32.0 Å². The number of hydrogen-bond acceptors (Lipinski definition) is 4. The third-order valence-electron chi connectivity index (χ3n) is 2.93. The van der Waals surface area contributed by atoms with E-state index in [1.165, 1.54) is 0 Å². The second-order valence-electron chi connectivity index (χ2n) is 4.59. The number of aromatic nitrogens is 2. The average Bonchev–Trinajstić information content (AvgIpc) is 2.70. The molecule has 2 rings (SSSR count). The Morgan fingerprint density at radius 3 is 2.70 bits per heavy atom. The van der Waals surface area contributed by atoms with Crippen LogP contribution >= 0.6 is 0 Å². The van der Waals surface area contributed by atoms with Crippen molar-refractivity contribution in [1.29, 1.82) is 0 Å². The predicted octanol–water partition coefficient (Wildman–Crippen LogP) is 1.80. The van der Waals surface area contributed by atoms with Crippen LogP contribution in [0.4, 0.5) is 17.1 Å². The number of nitrogens with one attached hydrogen (secondary N) is 2. The molecule has 6 nitrogen and oxygen atoms in total. The van der Waals surface area contributed by atoms with Gasteiger partial charge in [0.1, 0.15) is 0 Å². The van der Waals surface area contributed by atoms with Gasteiger partial charge in [-0.3, -0.25) is 9.48 Å². The van der Waals surface area contributed by atoms with Gasteiger partial charge in [-0.1, -0.05) is 0 Å². The zero-order chi connectivity index (χ0) is 14.7. The normalized spacial score (nSPS) is 10.3. The number of benzene rings is 1.